The molecule has 0 aliphatic rings. The van der Waals surface area contributed by atoms with E-state index < -0.39 is 6.04 Å². The number of anilines is 1. The van der Waals surface area contributed by atoms with Crippen LogP contribution < -0.4 is 15.4 Å². The number of aryl methyl sites for hydroxylation is 1. The molecular formula is C15H21ClN2O3. The lowest BCUT2D eigenvalue weighted by molar-refractivity contribution is -0.126. The van der Waals surface area contributed by atoms with Crippen molar-refractivity contribution in [2.75, 3.05) is 12.4 Å². The van der Waals surface area contributed by atoms with E-state index in [4.69, 9.17) is 16.3 Å². The van der Waals surface area contributed by atoms with Gasteiger partial charge in [0.2, 0.25) is 11.8 Å². The summed E-state index contributed by atoms with van der Waals surface area (Å²) in [5.41, 5.74) is 1.36. The third-order valence-corrected chi connectivity index (χ3v) is 3.45. The van der Waals surface area contributed by atoms with Crippen LogP contribution in [0.4, 0.5) is 5.69 Å². The zero-order valence-electron chi connectivity index (χ0n) is 12.9. The van der Waals surface area contributed by atoms with Gasteiger partial charge >= 0.3 is 0 Å². The number of amides is 2. The maximum absolute atomic E-state index is 12.3. The fraction of sp³-hybridized carbons (Fsp3) is 0.467. The van der Waals surface area contributed by atoms with Crippen LogP contribution >= 0.6 is 11.6 Å². The Morgan fingerprint density at radius 1 is 1.29 bits per heavy atom. The molecule has 0 saturated carbocycles. The Labute approximate surface area is 130 Å². The van der Waals surface area contributed by atoms with Gasteiger partial charge in [-0.1, -0.05) is 25.4 Å². The number of rotatable bonds is 5. The van der Waals surface area contributed by atoms with Crippen LogP contribution in [-0.2, 0) is 9.59 Å². The van der Waals surface area contributed by atoms with Gasteiger partial charge in [-0.05, 0) is 24.5 Å². The van der Waals surface area contributed by atoms with E-state index in [1.54, 1.807) is 12.1 Å². The molecule has 0 radical (unpaired) electrons. The average molecular weight is 313 g/mol. The number of ether oxygens (including phenoxy) is 1. The summed E-state index contributed by atoms with van der Waals surface area (Å²) in [7, 11) is 1.50. The maximum atomic E-state index is 12.3. The molecule has 1 rings (SSSR count). The number of nitrogens with one attached hydrogen (secondary N) is 2. The van der Waals surface area contributed by atoms with E-state index in [0.29, 0.717) is 16.5 Å². The quantitative estimate of drug-likeness (QED) is 0.878. The Morgan fingerprint density at radius 3 is 2.38 bits per heavy atom. The van der Waals surface area contributed by atoms with Crippen molar-refractivity contribution in [1.29, 1.82) is 0 Å². The van der Waals surface area contributed by atoms with Crippen molar-refractivity contribution in [3.63, 3.8) is 0 Å². The predicted octanol–water partition coefficient (Wildman–Crippen LogP) is 2.76. The molecule has 0 aliphatic heterocycles. The van der Waals surface area contributed by atoms with Gasteiger partial charge in [0.25, 0.3) is 0 Å². The van der Waals surface area contributed by atoms with E-state index in [2.05, 4.69) is 10.6 Å². The lowest BCUT2D eigenvalue weighted by atomic mass is 10.0. The first kappa shape index (κ1) is 17.3. The van der Waals surface area contributed by atoms with E-state index >= 15 is 0 Å². The predicted molar refractivity (Wildman–Crippen MR) is 83.8 cm³/mol. The van der Waals surface area contributed by atoms with Crippen molar-refractivity contribution in [2.45, 2.75) is 33.7 Å². The monoisotopic (exact) mass is 312 g/mol. The van der Waals surface area contributed by atoms with Crippen LogP contribution in [0.1, 0.15) is 26.3 Å². The third-order valence-electron chi connectivity index (χ3n) is 3.05. The van der Waals surface area contributed by atoms with Crippen LogP contribution in [-0.4, -0.2) is 25.0 Å². The molecule has 2 N–H and O–H groups in total. The van der Waals surface area contributed by atoms with Gasteiger partial charge in [-0.2, -0.15) is 0 Å². The van der Waals surface area contributed by atoms with E-state index in [1.165, 1.54) is 14.0 Å². The molecule has 21 heavy (non-hydrogen) atoms. The van der Waals surface area contributed by atoms with Gasteiger partial charge in [-0.3, -0.25) is 9.59 Å². The molecule has 0 aliphatic carbocycles. The molecule has 1 atom stereocenters. The molecule has 0 unspecified atom stereocenters. The minimum Gasteiger partial charge on any atom is -0.495 e. The standard InChI is InChI=1S/C15H21ClN2O3/c1-8(2)14(17-10(4)19)15(20)18-12-6-9(3)11(16)7-13(12)21-5/h6-8,14H,1-5H3,(H,17,19)(H,18,20)/t14-/m1/s1. The van der Waals surface area contributed by atoms with Crippen molar-refractivity contribution in [3.8, 4) is 5.75 Å². The topological polar surface area (TPSA) is 67.4 Å². The van der Waals surface area contributed by atoms with Crippen LogP contribution in [0.5, 0.6) is 5.75 Å². The molecule has 0 spiro atoms. The largest absolute Gasteiger partial charge is 0.495 e. The SMILES string of the molecule is COc1cc(Cl)c(C)cc1NC(=O)[C@H](NC(C)=O)C(C)C. The third kappa shape index (κ3) is 4.63. The van der Waals surface area contributed by atoms with Gasteiger partial charge in [-0.15, -0.1) is 0 Å². The number of carbonyl (C=O) groups is 2. The molecule has 1 aromatic carbocycles. The summed E-state index contributed by atoms with van der Waals surface area (Å²) >= 11 is 6.03. The number of hydrogen-bond donors (Lipinski definition) is 2. The lowest BCUT2D eigenvalue weighted by Gasteiger charge is -2.22. The molecule has 0 bridgehead atoms. The molecule has 0 heterocycles. The summed E-state index contributed by atoms with van der Waals surface area (Å²) in [6.45, 7) is 6.95. The maximum Gasteiger partial charge on any atom is 0.247 e. The van der Waals surface area contributed by atoms with Gasteiger partial charge in [0.05, 0.1) is 12.8 Å². The fourth-order valence-electron chi connectivity index (χ4n) is 1.89. The summed E-state index contributed by atoms with van der Waals surface area (Å²) in [5.74, 6) is -0.0964. The van der Waals surface area contributed by atoms with Crippen molar-refractivity contribution >= 4 is 29.1 Å². The molecular weight excluding hydrogens is 292 g/mol. The van der Waals surface area contributed by atoms with E-state index in [1.807, 2.05) is 20.8 Å². The average Bonchev–Trinajstić information content (AvgIpc) is 2.39. The number of halogens is 1. The van der Waals surface area contributed by atoms with Crippen molar-refractivity contribution in [3.05, 3.63) is 22.7 Å². The molecule has 2 amide bonds. The first-order valence-electron chi connectivity index (χ1n) is 6.68. The number of carbonyl (C=O) groups excluding carboxylic acids is 2. The second-order valence-electron chi connectivity index (χ2n) is 5.21. The van der Waals surface area contributed by atoms with Crippen LogP contribution in [0.3, 0.4) is 0 Å². The van der Waals surface area contributed by atoms with Gasteiger partial charge < -0.3 is 15.4 Å². The van der Waals surface area contributed by atoms with Crippen molar-refractivity contribution in [1.82, 2.24) is 5.32 Å². The van der Waals surface area contributed by atoms with E-state index in [0.717, 1.165) is 5.56 Å². The zero-order chi connectivity index (χ0) is 16.2. The van der Waals surface area contributed by atoms with Gasteiger partial charge in [0.15, 0.2) is 0 Å². The zero-order valence-corrected chi connectivity index (χ0v) is 13.7. The Balaban J connectivity index is 3.00. The summed E-state index contributed by atoms with van der Waals surface area (Å²) in [4.78, 5) is 23.5. The summed E-state index contributed by atoms with van der Waals surface area (Å²) in [6, 6.07) is 2.78. The smallest absolute Gasteiger partial charge is 0.247 e. The van der Waals surface area contributed by atoms with Crippen molar-refractivity contribution in [2.24, 2.45) is 5.92 Å². The van der Waals surface area contributed by atoms with Crippen LogP contribution in [0.25, 0.3) is 0 Å². The summed E-state index contributed by atoms with van der Waals surface area (Å²) in [6.07, 6.45) is 0. The van der Waals surface area contributed by atoms with Crippen LogP contribution in [0.2, 0.25) is 5.02 Å². The molecule has 0 aromatic heterocycles. The van der Waals surface area contributed by atoms with Gasteiger partial charge in [0, 0.05) is 18.0 Å². The minimum absolute atomic E-state index is 0.0340. The summed E-state index contributed by atoms with van der Waals surface area (Å²) in [5, 5.41) is 5.99. The highest BCUT2D eigenvalue weighted by molar-refractivity contribution is 6.31. The fourth-order valence-corrected chi connectivity index (χ4v) is 2.05. The van der Waals surface area contributed by atoms with Gasteiger partial charge in [0.1, 0.15) is 11.8 Å². The normalized spacial score (nSPS) is 12.0. The Kier molecular flexibility index (Phi) is 6.03. The van der Waals surface area contributed by atoms with Crippen LogP contribution in [0.15, 0.2) is 12.1 Å². The Bertz CT molecular complexity index is 544. The molecule has 116 valence electrons. The molecule has 1 aromatic rings. The molecule has 0 fully saturated rings. The Morgan fingerprint density at radius 2 is 1.90 bits per heavy atom. The van der Waals surface area contributed by atoms with Gasteiger partial charge in [-0.25, -0.2) is 0 Å². The Hall–Kier alpha value is -1.75. The molecule has 5 nitrogen and oxygen atoms in total. The first-order chi connectivity index (χ1) is 9.76. The second-order valence-corrected chi connectivity index (χ2v) is 5.62. The molecule has 6 heteroatoms. The summed E-state index contributed by atoms with van der Waals surface area (Å²) < 4.78 is 5.22. The number of methoxy groups -OCH3 is 1. The van der Waals surface area contributed by atoms with Crippen molar-refractivity contribution < 1.29 is 14.3 Å². The highest BCUT2D eigenvalue weighted by Crippen LogP contribution is 2.31. The second kappa shape index (κ2) is 7.31. The number of benzene rings is 1. The van der Waals surface area contributed by atoms with E-state index in [9.17, 15) is 9.59 Å². The number of hydrogen-bond acceptors (Lipinski definition) is 3. The minimum atomic E-state index is -0.608. The van der Waals surface area contributed by atoms with Crippen LogP contribution in [0, 0.1) is 12.8 Å². The van der Waals surface area contributed by atoms with E-state index in [-0.39, 0.29) is 17.7 Å². The molecule has 0 saturated heterocycles. The lowest BCUT2D eigenvalue weighted by Crippen LogP contribution is -2.46. The first-order valence-corrected chi connectivity index (χ1v) is 7.06. The highest BCUT2D eigenvalue weighted by atomic mass is 35.5. The highest BCUT2D eigenvalue weighted by Gasteiger charge is 2.24.